The van der Waals surface area contributed by atoms with Crippen molar-refractivity contribution >= 4 is 33.7 Å². The van der Waals surface area contributed by atoms with Crippen LogP contribution in [0.2, 0.25) is 0 Å². The Morgan fingerprint density at radius 1 is 1.48 bits per heavy atom. The molecule has 1 heterocycles. The standard InChI is InChI=1S/C16H19BrN2O4/c1-2-19-9-11(7-14(19)20)16(23)18-13(8-15(21)22)10-4-3-5-12(17)6-10/h3-6,11,13H,2,7-9H2,1H3,(H,18,23)(H,21,22)/t11-,13+/m1/s1. The molecule has 6 nitrogen and oxygen atoms in total. The highest BCUT2D eigenvalue weighted by atomic mass is 79.9. The molecule has 1 aliphatic rings. The second-order valence-electron chi connectivity index (χ2n) is 5.55. The molecule has 124 valence electrons. The Bertz CT molecular complexity index is 620. The average molecular weight is 383 g/mol. The van der Waals surface area contributed by atoms with Crippen LogP contribution in [0.25, 0.3) is 0 Å². The first kappa shape index (κ1) is 17.5. The van der Waals surface area contributed by atoms with Crippen LogP contribution in [0.5, 0.6) is 0 Å². The molecule has 0 bridgehead atoms. The van der Waals surface area contributed by atoms with E-state index in [9.17, 15) is 14.4 Å². The van der Waals surface area contributed by atoms with Gasteiger partial charge in [-0.2, -0.15) is 0 Å². The van der Waals surface area contributed by atoms with Crippen molar-refractivity contribution in [2.45, 2.75) is 25.8 Å². The third-order valence-corrected chi connectivity index (χ3v) is 4.41. The third-order valence-electron chi connectivity index (χ3n) is 3.91. The first-order valence-corrected chi connectivity index (χ1v) is 8.25. The number of hydrogen-bond donors (Lipinski definition) is 2. The summed E-state index contributed by atoms with van der Waals surface area (Å²) in [6, 6.07) is 6.56. The molecule has 0 radical (unpaired) electrons. The average Bonchev–Trinajstić information content (AvgIpc) is 2.87. The van der Waals surface area contributed by atoms with E-state index in [2.05, 4.69) is 21.2 Å². The van der Waals surface area contributed by atoms with E-state index >= 15 is 0 Å². The molecule has 1 aromatic carbocycles. The number of rotatable bonds is 6. The molecule has 0 spiro atoms. The fourth-order valence-corrected chi connectivity index (χ4v) is 3.11. The lowest BCUT2D eigenvalue weighted by Crippen LogP contribution is -2.36. The summed E-state index contributed by atoms with van der Waals surface area (Å²) in [5, 5.41) is 11.9. The van der Waals surface area contributed by atoms with Crippen LogP contribution in [-0.2, 0) is 14.4 Å². The van der Waals surface area contributed by atoms with Crippen LogP contribution in [0.1, 0.15) is 31.4 Å². The van der Waals surface area contributed by atoms with Crippen molar-refractivity contribution < 1.29 is 19.5 Å². The topological polar surface area (TPSA) is 86.7 Å². The summed E-state index contributed by atoms with van der Waals surface area (Å²) in [5.74, 6) is -1.73. The van der Waals surface area contributed by atoms with Crippen LogP contribution < -0.4 is 5.32 Å². The molecule has 23 heavy (non-hydrogen) atoms. The number of likely N-dealkylation sites (tertiary alicyclic amines) is 1. The minimum absolute atomic E-state index is 0.0371. The lowest BCUT2D eigenvalue weighted by molar-refractivity contribution is -0.138. The molecule has 0 aliphatic carbocycles. The first-order chi connectivity index (χ1) is 10.9. The van der Waals surface area contributed by atoms with Crippen molar-refractivity contribution in [3.05, 3.63) is 34.3 Å². The second-order valence-corrected chi connectivity index (χ2v) is 6.46. The molecule has 1 aromatic rings. The van der Waals surface area contributed by atoms with Crippen LogP contribution in [0.15, 0.2) is 28.7 Å². The fourth-order valence-electron chi connectivity index (χ4n) is 2.69. The molecule has 0 saturated carbocycles. The van der Waals surface area contributed by atoms with Gasteiger partial charge in [-0.3, -0.25) is 14.4 Å². The number of amides is 2. The van der Waals surface area contributed by atoms with Crippen molar-refractivity contribution in [3.8, 4) is 0 Å². The van der Waals surface area contributed by atoms with E-state index in [0.29, 0.717) is 18.7 Å². The van der Waals surface area contributed by atoms with Gasteiger partial charge in [-0.15, -0.1) is 0 Å². The molecule has 1 saturated heterocycles. The summed E-state index contributed by atoms with van der Waals surface area (Å²) < 4.78 is 0.813. The normalized spacial score (nSPS) is 18.8. The van der Waals surface area contributed by atoms with E-state index in [1.807, 2.05) is 13.0 Å². The molecule has 7 heteroatoms. The van der Waals surface area contributed by atoms with Crippen LogP contribution in [0, 0.1) is 5.92 Å². The van der Waals surface area contributed by atoms with Crippen LogP contribution in [0.3, 0.4) is 0 Å². The molecule has 0 unspecified atom stereocenters. The van der Waals surface area contributed by atoms with Gasteiger partial charge in [0.15, 0.2) is 0 Å². The Morgan fingerprint density at radius 3 is 2.78 bits per heavy atom. The van der Waals surface area contributed by atoms with Gasteiger partial charge in [0.05, 0.1) is 18.4 Å². The van der Waals surface area contributed by atoms with Gasteiger partial charge in [0, 0.05) is 24.0 Å². The van der Waals surface area contributed by atoms with Crippen LogP contribution in [-0.4, -0.2) is 40.9 Å². The predicted molar refractivity (Wildman–Crippen MR) is 87.6 cm³/mol. The van der Waals surface area contributed by atoms with Gasteiger partial charge in [-0.05, 0) is 24.6 Å². The molecule has 2 atom stereocenters. The van der Waals surface area contributed by atoms with Crippen molar-refractivity contribution in [3.63, 3.8) is 0 Å². The van der Waals surface area contributed by atoms with Crippen molar-refractivity contribution in [2.75, 3.05) is 13.1 Å². The highest BCUT2D eigenvalue weighted by Crippen LogP contribution is 2.23. The number of benzene rings is 1. The lowest BCUT2D eigenvalue weighted by atomic mass is 10.0. The summed E-state index contributed by atoms with van der Waals surface area (Å²) in [5.41, 5.74) is 0.715. The van der Waals surface area contributed by atoms with E-state index in [4.69, 9.17) is 5.11 Å². The molecular weight excluding hydrogens is 364 g/mol. The van der Waals surface area contributed by atoms with Gasteiger partial charge in [0.1, 0.15) is 0 Å². The van der Waals surface area contributed by atoms with Gasteiger partial charge in [0.2, 0.25) is 11.8 Å². The van der Waals surface area contributed by atoms with Crippen molar-refractivity contribution in [1.82, 2.24) is 10.2 Å². The van der Waals surface area contributed by atoms with E-state index in [-0.39, 0.29) is 24.7 Å². The largest absolute Gasteiger partial charge is 0.481 e. The maximum absolute atomic E-state index is 12.4. The van der Waals surface area contributed by atoms with Crippen molar-refractivity contribution in [1.29, 1.82) is 0 Å². The van der Waals surface area contributed by atoms with Gasteiger partial charge >= 0.3 is 5.97 Å². The molecule has 2 rings (SSSR count). The zero-order chi connectivity index (χ0) is 17.0. The van der Waals surface area contributed by atoms with Crippen LogP contribution in [0.4, 0.5) is 0 Å². The van der Waals surface area contributed by atoms with E-state index < -0.39 is 17.9 Å². The zero-order valence-corrected chi connectivity index (χ0v) is 14.4. The minimum Gasteiger partial charge on any atom is -0.481 e. The minimum atomic E-state index is -0.993. The molecule has 1 fully saturated rings. The molecule has 2 N–H and O–H groups in total. The number of carboxylic acids is 1. The number of carboxylic acid groups (broad SMARTS) is 1. The summed E-state index contributed by atoms with van der Waals surface area (Å²) >= 11 is 3.34. The van der Waals surface area contributed by atoms with Crippen LogP contribution >= 0.6 is 15.9 Å². The summed E-state index contributed by atoms with van der Waals surface area (Å²) in [6.07, 6.45) is -0.0295. The Balaban J connectivity index is 2.10. The smallest absolute Gasteiger partial charge is 0.305 e. The van der Waals surface area contributed by atoms with Gasteiger partial charge < -0.3 is 15.3 Å². The Labute approximate surface area is 143 Å². The van der Waals surface area contributed by atoms with Gasteiger partial charge in [-0.1, -0.05) is 28.1 Å². The molecule has 1 aliphatic heterocycles. The van der Waals surface area contributed by atoms with Gasteiger partial charge in [0.25, 0.3) is 0 Å². The second kappa shape index (κ2) is 7.59. The Morgan fingerprint density at radius 2 is 2.22 bits per heavy atom. The number of aliphatic carboxylic acids is 1. The van der Waals surface area contributed by atoms with E-state index in [1.165, 1.54) is 0 Å². The Kier molecular flexibility index (Phi) is 5.76. The molecular formula is C16H19BrN2O4. The van der Waals surface area contributed by atoms with E-state index in [0.717, 1.165) is 4.47 Å². The fraction of sp³-hybridized carbons (Fsp3) is 0.438. The number of carbonyl (C=O) groups excluding carboxylic acids is 2. The zero-order valence-electron chi connectivity index (χ0n) is 12.8. The molecule has 0 aromatic heterocycles. The number of nitrogens with one attached hydrogen (secondary N) is 1. The maximum atomic E-state index is 12.4. The third kappa shape index (κ3) is 4.54. The number of nitrogens with zero attached hydrogens (tertiary/aromatic N) is 1. The number of hydrogen-bond acceptors (Lipinski definition) is 3. The Hall–Kier alpha value is -1.89. The number of carbonyl (C=O) groups is 3. The highest BCUT2D eigenvalue weighted by Gasteiger charge is 2.34. The SMILES string of the molecule is CCN1C[C@H](C(=O)N[C@@H](CC(=O)O)c2cccc(Br)c2)CC1=O. The maximum Gasteiger partial charge on any atom is 0.305 e. The predicted octanol–water partition coefficient (Wildman–Crippen LogP) is 1.95. The van der Waals surface area contributed by atoms with E-state index in [1.54, 1.807) is 23.1 Å². The quantitative estimate of drug-likeness (QED) is 0.786. The van der Waals surface area contributed by atoms with Gasteiger partial charge in [-0.25, -0.2) is 0 Å². The number of halogens is 1. The summed E-state index contributed by atoms with van der Waals surface area (Å²) in [7, 11) is 0. The van der Waals surface area contributed by atoms with Crippen molar-refractivity contribution in [2.24, 2.45) is 5.92 Å². The monoisotopic (exact) mass is 382 g/mol. The highest BCUT2D eigenvalue weighted by molar-refractivity contribution is 9.10. The molecule has 2 amide bonds. The summed E-state index contributed by atoms with van der Waals surface area (Å²) in [6.45, 7) is 2.83. The lowest BCUT2D eigenvalue weighted by Gasteiger charge is -2.20. The first-order valence-electron chi connectivity index (χ1n) is 7.46. The summed E-state index contributed by atoms with van der Waals surface area (Å²) in [4.78, 5) is 36.9.